The van der Waals surface area contributed by atoms with E-state index in [0.29, 0.717) is 38.1 Å². The number of nitrogens with zero attached hydrogens (tertiary/aromatic N) is 2. The van der Waals surface area contributed by atoms with E-state index in [9.17, 15) is 24.7 Å². The van der Waals surface area contributed by atoms with Gasteiger partial charge in [-0.1, -0.05) is 18.3 Å². The van der Waals surface area contributed by atoms with E-state index in [1.807, 2.05) is 0 Å². The number of likely N-dealkylation sites (tertiary alicyclic amines) is 1. The third kappa shape index (κ3) is 6.20. The molecule has 3 aliphatic heterocycles. The summed E-state index contributed by atoms with van der Waals surface area (Å²) >= 11 is 0. The summed E-state index contributed by atoms with van der Waals surface area (Å²) in [5.74, 6) is -2.12. The number of carboxylic acid groups (broad SMARTS) is 1. The number of amides is 1. The van der Waals surface area contributed by atoms with Crippen molar-refractivity contribution in [3.8, 4) is 11.5 Å². The van der Waals surface area contributed by atoms with Crippen LogP contribution < -0.4 is 73.6 Å². The molecule has 2 saturated heterocycles. The van der Waals surface area contributed by atoms with Crippen LogP contribution in [0, 0.1) is 0 Å². The van der Waals surface area contributed by atoms with Crippen molar-refractivity contribution in [2.24, 2.45) is 0 Å². The fourth-order valence-corrected chi connectivity index (χ4v) is 5.11. The predicted octanol–water partition coefficient (Wildman–Crippen LogP) is -7.49. The summed E-state index contributed by atoms with van der Waals surface area (Å²) in [6.45, 7) is -0.0953. The zero-order valence-electron chi connectivity index (χ0n) is 20.7. The molecule has 14 heteroatoms. The SMILES string of the molecule is C[N+]1(C)CCO[C@H](CC(=O)N2CC(Oc3ccc4c(c3C(=O)[O-])O[B-](O)(O)[C@H]3C[C@@H]43)C2)C1.[Na+].[Na+].[OH-]. The molecule has 0 spiro atoms. The van der Waals surface area contributed by atoms with Crippen molar-refractivity contribution >= 4 is 18.6 Å². The molecular formula is C21H29BN2Na2O9. The van der Waals surface area contributed by atoms with Gasteiger partial charge in [0.15, 0.2) is 0 Å². The minimum Gasteiger partial charge on any atom is -0.870 e. The topological polar surface area (TPSA) is 159 Å². The molecule has 3 atom stereocenters. The minimum absolute atomic E-state index is 0. The Morgan fingerprint density at radius 3 is 2.57 bits per heavy atom. The van der Waals surface area contributed by atoms with Gasteiger partial charge in [0.2, 0.25) is 5.91 Å². The third-order valence-corrected chi connectivity index (χ3v) is 7.09. The number of morpholine rings is 1. The number of rotatable bonds is 5. The number of likely N-dealkylation sites (N-methyl/N-ethyl adjacent to an activating group) is 1. The number of carboxylic acids is 1. The van der Waals surface area contributed by atoms with Crippen molar-refractivity contribution in [2.75, 3.05) is 46.9 Å². The number of benzene rings is 1. The van der Waals surface area contributed by atoms with Crippen LogP contribution in [0.5, 0.6) is 11.5 Å². The van der Waals surface area contributed by atoms with Crippen molar-refractivity contribution in [3.05, 3.63) is 23.3 Å². The maximum atomic E-state index is 12.6. The Hall–Kier alpha value is -0.375. The fraction of sp³-hybridized carbons (Fsp3) is 0.619. The summed E-state index contributed by atoms with van der Waals surface area (Å²) in [4.78, 5) is 26.1. The molecule has 3 heterocycles. The van der Waals surface area contributed by atoms with Gasteiger partial charge in [0.05, 0.1) is 57.5 Å². The number of hydrogen-bond donors (Lipinski definition) is 2. The normalized spacial score (nSPS) is 27.2. The Bertz CT molecular complexity index is 974. The largest absolute Gasteiger partial charge is 1.00 e. The molecule has 1 aliphatic carbocycles. The van der Waals surface area contributed by atoms with Crippen LogP contribution in [0.25, 0.3) is 0 Å². The van der Waals surface area contributed by atoms with Crippen LogP contribution in [0.3, 0.4) is 0 Å². The van der Waals surface area contributed by atoms with E-state index in [2.05, 4.69) is 14.1 Å². The average molecular weight is 510 g/mol. The van der Waals surface area contributed by atoms with Gasteiger partial charge in [-0.2, -0.15) is 0 Å². The van der Waals surface area contributed by atoms with E-state index in [0.717, 1.165) is 17.6 Å². The summed E-state index contributed by atoms with van der Waals surface area (Å²) < 4.78 is 17.7. The van der Waals surface area contributed by atoms with Crippen molar-refractivity contribution in [3.63, 3.8) is 0 Å². The Balaban J connectivity index is 0.00000144. The monoisotopic (exact) mass is 510 g/mol. The second kappa shape index (κ2) is 11.2. The number of quaternary nitrogens is 1. The number of ether oxygens (including phenoxy) is 2. The predicted molar refractivity (Wildman–Crippen MR) is 112 cm³/mol. The molecule has 1 aromatic carbocycles. The third-order valence-electron chi connectivity index (χ3n) is 7.09. The van der Waals surface area contributed by atoms with Gasteiger partial charge >= 0.3 is 65.9 Å². The first kappa shape index (κ1) is 30.8. The molecule has 182 valence electrons. The van der Waals surface area contributed by atoms with Gasteiger partial charge in [-0.3, -0.25) is 4.79 Å². The van der Waals surface area contributed by atoms with E-state index in [1.54, 1.807) is 17.0 Å². The van der Waals surface area contributed by atoms with Gasteiger partial charge < -0.3 is 48.9 Å². The quantitative estimate of drug-likeness (QED) is 0.290. The molecule has 0 unspecified atom stereocenters. The number of fused-ring (bicyclic) bond motifs is 3. The molecule has 11 nitrogen and oxygen atoms in total. The van der Waals surface area contributed by atoms with Crippen molar-refractivity contribution in [2.45, 2.75) is 36.8 Å². The standard InChI is InChI=1S/C21H29BN2O8.2Na.H2O/c1-24(2)5-6-30-12(11-24)7-18(25)23-9-13(10-23)31-17-4-3-14-15-8-16(15)22(28,29)32-20(14)19(17)21(26)27;;;/h3-4,12-13,15-16,28-29H,5-11H2,1-2H3,(H,26,27);;;1H2/q;2*+1;/p-2/t12-,15+,16+;;;/m1.../s1. The average Bonchev–Trinajstić information content (AvgIpc) is 3.44. The molecule has 4 aliphatic rings. The summed E-state index contributed by atoms with van der Waals surface area (Å²) in [7, 11) is 4.24. The summed E-state index contributed by atoms with van der Waals surface area (Å²) in [5, 5.41) is 32.1. The van der Waals surface area contributed by atoms with Crippen molar-refractivity contribution in [1.29, 1.82) is 0 Å². The molecule has 1 aromatic rings. The Kier molecular flexibility index (Phi) is 9.84. The fourth-order valence-electron chi connectivity index (χ4n) is 5.11. The zero-order chi connectivity index (χ0) is 22.8. The first-order valence-electron chi connectivity index (χ1n) is 11.1. The number of aromatic carboxylic acids is 1. The van der Waals surface area contributed by atoms with E-state index in [4.69, 9.17) is 14.1 Å². The van der Waals surface area contributed by atoms with Gasteiger partial charge in [0.1, 0.15) is 31.0 Å². The molecule has 1 amide bonds. The van der Waals surface area contributed by atoms with Crippen molar-refractivity contribution in [1.82, 2.24) is 4.90 Å². The van der Waals surface area contributed by atoms with E-state index < -0.39 is 18.5 Å². The van der Waals surface area contributed by atoms with E-state index >= 15 is 0 Å². The van der Waals surface area contributed by atoms with Crippen LogP contribution in [-0.2, 0) is 9.53 Å². The van der Waals surface area contributed by atoms with E-state index in [1.165, 1.54) is 0 Å². The van der Waals surface area contributed by atoms with Gasteiger partial charge in [-0.15, -0.1) is 0 Å². The second-order valence-electron chi connectivity index (χ2n) is 10.1. The Morgan fingerprint density at radius 2 is 1.94 bits per heavy atom. The first-order chi connectivity index (χ1) is 15.0. The van der Waals surface area contributed by atoms with E-state index in [-0.39, 0.29) is 106 Å². The van der Waals surface area contributed by atoms with Crippen LogP contribution in [0.1, 0.15) is 34.7 Å². The smallest absolute Gasteiger partial charge is 0.870 e. The molecule has 1 saturated carbocycles. The van der Waals surface area contributed by atoms with Crippen LogP contribution in [0.4, 0.5) is 0 Å². The van der Waals surface area contributed by atoms with Gasteiger partial charge in [0, 0.05) is 0 Å². The van der Waals surface area contributed by atoms with Crippen molar-refractivity contribution < 1.29 is 108 Å². The molecule has 5 rings (SSSR count). The Morgan fingerprint density at radius 1 is 1.26 bits per heavy atom. The number of carbonyl (C=O) groups is 2. The maximum absolute atomic E-state index is 12.6. The molecule has 3 N–H and O–H groups in total. The van der Waals surface area contributed by atoms with Gasteiger partial charge in [-0.25, -0.2) is 0 Å². The summed E-state index contributed by atoms with van der Waals surface area (Å²) in [5.41, 5.74) is 0.309. The maximum Gasteiger partial charge on any atom is 1.00 e. The number of carbonyl (C=O) groups excluding carboxylic acids is 2. The molecule has 0 bridgehead atoms. The minimum atomic E-state index is -3.11. The van der Waals surface area contributed by atoms with Gasteiger partial charge in [-0.05, 0) is 17.5 Å². The van der Waals surface area contributed by atoms with Crippen LogP contribution in [0.15, 0.2) is 12.1 Å². The summed E-state index contributed by atoms with van der Waals surface area (Å²) in [6.07, 6.45) is 0.363. The molecule has 3 fully saturated rings. The Labute approximate surface area is 248 Å². The summed E-state index contributed by atoms with van der Waals surface area (Å²) in [6, 6.07) is 3.26. The molecule has 0 radical (unpaired) electrons. The van der Waals surface area contributed by atoms with Crippen LogP contribution in [-0.4, -0.2) is 103 Å². The molecule has 35 heavy (non-hydrogen) atoms. The van der Waals surface area contributed by atoms with Gasteiger partial charge in [0.25, 0.3) is 0 Å². The molecular weight excluding hydrogens is 481 g/mol. The zero-order valence-corrected chi connectivity index (χ0v) is 24.7. The molecule has 0 aromatic heterocycles. The second-order valence-corrected chi connectivity index (χ2v) is 10.1. The van der Waals surface area contributed by atoms with Crippen LogP contribution >= 0.6 is 0 Å². The van der Waals surface area contributed by atoms with Crippen LogP contribution in [0.2, 0.25) is 5.82 Å². The number of hydrogen-bond acceptors (Lipinski definition) is 9. The first-order valence-corrected chi connectivity index (χ1v) is 11.1.